The van der Waals surface area contributed by atoms with Crippen molar-refractivity contribution in [3.05, 3.63) is 42.5 Å². The maximum atomic E-state index is 12.0. The van der Waals surface area contributed by atoms with Crippen LogP contribution in [-0.4, -0.2) is 10.8 Å². The van der Waals surface area contributed by atoms with E-state index in [2.05, 4.69) is 36.5 Å². The molecule has 2 aromatic carbocycles. The van der Waals surface area contributed by atoms with Crippen LogP contribution in [0, 0.1) is 0 Å². The summed E-state index contributed by atoms with van der Waals surface area (Å²) in [5, 5.41) is 5.39. The second-order valence-corrected chi connectivity index (χ2v) is 6.31. The van der Waals surface area contributed by atoms with Crippen LogP contribution in [0.3, 0.4) is 0 Å². The van der Waals surface area contributed by atoms with Crippen molar-refractivity contribution >= 4 is 27.8 Å². The van der Waals surface area contributed by atoms with Crippen LogP contribution in [0.25, 0.3) is 10.8 Å². The predicted octanol–water partition coefficient (Wildman–Crippen LogP) is 4.83. The average molecular weight is 273 g/mol. The van der Waals surface area contributed by atoms with Crippen molar-refractivity contribution in [3.8, 4) is 0 Å². The average Bonchev–Trinajstić information content (AvgIpc) is 2.38. The van der Waals surface area contributed by atoms with Crippen molar-refractivity contribution in [1.82, 2.24) is 5.32 Å². The standard InChI is InChI=1S/C16H19NOS/c1-4-16(2,3)17-15(18)19-14-10-9-12-7-5-6-8-13(12)11-14/h5-11H,4H2,1-3H3,(H,17,18). The molecule has 0 bridgehead atoms. The second-order valence-electron chi connectivity index (χ2n) is 5.26. The van der Waals surface area contributed by atoms with Gasteiger partial charge in [0.15, 0.2) is 0 Å². The summed E-state index contributed by atoms with van der Waals surface area (Å²) in [5.74, 6) is 0. The Morgan fingerprint density at radius 2 is 1.84 bits per heavy atom. The van der Waals surface area contributed by atoms with E-state index in [0.29, 0.717) is 0 Å². The highest BCUT2D eigenvalue weighted by Gasteiger charge is 2.18. The van der Waals surface area contributed by atoms with E-state index in [0.717, 1.165) is 16.7 Å². The highest BCUT2D eigenvalue weighted by atomic mass is 32.2. The molecule has 0 aliphatic rings. The molecule has 0 unspecified atom stereocenters. The normalized spacial score (nSPS) is 11.5. The zero-order chi connectivity index (χ0) is 13.9. The Kier molecular flexibility index (Phi) is 4.15. The van der Waals surface area contributed by atoms with Gasteiger partial charge in [0.2, 0.25) is 0 Å². The lowest BCUT2D eigenvalue weighted by atomic mass is 10.0. The summed E-state index contributed by atoms with van der Waals surface area (Å²) < 4.78 is 0. The number of hydrogen-bond acceptors (Lipinski definition) is 2. The highest BCUT2D eigenvalue weighted by molar-refractivity contribution is 8.13. The first kappa shape index (κ1) is 13.9. The Bertz CT molecular complexity index is 592. The number of hydrogen-bond donors (Lipinski definition) is 1. The first-order chi connectivity index (χ1) is 9.00. The van der Waals surface area contributed by atoms with Crippen LogP contribution in [0.1, 0.15) is 27.2 Å². The lowest BCUT2D eigenvalue weighted by Gasteiger charge is -2.23. The molecule has 0 fully saturated rings. The van der Waals surface area contributed by atoms with E-state index in [1.165, 1.54) is 17.1 Å². The number of carbonyl (C=O) groups excluding carboxylic acids is 1. The summed E-state index contributed by atoms with van der Waals surface area (Å²) in [7, 11) is 0. The molecule has 3 heteroatoms. The monoisotopic (exact) mass is 273 g/mol. The molecule has 0 atom stereocenters. The molecule has 1 amide bonds. The van der Waals surface area contributed by atoms with Gasteiger partial charge < -0.3 is 5.32 Å². The first-order valence-electron chi connectivity index (χ1n) is 6.49. The van der Waals surface area contributed by atoms with Gasteiger partial charge in [-0.15, -0.1) is 0 Å². The van der Waals surface area contributed by atoms with E-state index in [1.807, 2.05) is 32.0 Å². The molecule has 2 nitrogen and oxygen atoms in total. The van der Waals surface area contributed by atoms with Gasteiger partial charge in [0.1, 0.15) is 0 Å². The third-order valence-electron chi connectivity index (χ3n) is 3.26. The number of fused-ring (bicyclic) bond motifs is 1. The van der Waals surface area contributed by atoms with Crippen molar-refractivity contribution in [3.63, 3.8) is 0 Å². The van der Waals surface area contributed by atoms with E-state index < -0.39 is 0 Å². The Morgan fingerprint density at radius 1 is 1.16 bits per heavy atom. The summed E-state index contributed by atoms with van der Waals surface area (Å²) >= 11 is 1.25. The number of amides is 1. The molecule has 0 saturated heterocycles. The molecule has 1 N–H and O–H groups in total. The molecule has 2 rings (SSSR count). The molecule has 19 heavy (non-hydrogen) atoms. The molecular weight excluding hydrogens is 254 g/mol. The van der Waals surface area contributed by atoms with Gasteiger partial charge in [-0.1, -0.05) is 37.3 Å². The van der Waals surface area contributed by atoms with Crippen LogP contribution in [0.5, 0.6) is 0 Å². The van der Waals surface area contributed by atoms with Crippen LogP contribution in [0.2, 0.25) is 0 Å². The molecule has 0 heterocycles. The molecule has 2 aromatic rings. The van der Waals surface area contributed by atoms with Gasteiger partial charge in [0, 0.05) is 10.4 Å². The Hall–Kier alpha value is -1.48. The first-order valence-corrected chi connectivity index (χ1v) is 7.30. The SMILES string of the molecule is CCC(C)(C)NC(=O)Sc1ccc2ccccc2c1. The number of thioether (sulfide) groups is 1. The fraction of sp³-hybridized carbons (Fsp3) is 0.312. The lowest BCUT2D eigenvalue weighted by Crippen LogP contribution is -2.40. The third-order valence-corrected chi connectivity index (χ3v) is 4.03. The Labute approximate surface area is 118 Å². The van der Waals surface area contributed by atoms with Crippen LogP contribution < -0.4 is 5.32 Å². The largest absolute Gasteiger partial charge is 0.342 e. The molecule has 0 aliphatic heterocycles. The van der Waals surface area contributed by atoms with Gasteiger partial charge in [-0.25, -0.2) is 0 Å². The molecule has 0 spiro atoms. The van der Waals surface area contributed by atoms with Crippen molar-refractivity contribution in [2.75, 3.05) is 0 Å². The topological polar surface area (TPSA) is 29.1 Å². The molecule has 100 valence electrons. The van der Waals surface area contributed by atoms with Crippen LogP contribution in [-0.2, 0) is 0 Å². The minimum atomic E-state index is -0.152. The molecular formula is C16H19NOS. The van der Waals surface area contributed by atoms with E-state index in [-0.39, 0.29) is 10.8 Å². The predicted molar refractivity (Wildman–Crippen MR) is 82.7 cm³/mol. The molecule has 0 aromatic heterocycles. The zero-order valence-corrected chi connectivity index (χ0v) is 12.4. The minimum absolute atomic E-state index is 0.00197. The third kappa shape index (κ3) is 3.74. The summed E-state index contributed by atoms with van der Waals surface area (Å²) in [6.07, 6.45) is 0.914. The minimum Gasteiger partial charge on any atom is -0.342 e. The summed E-state index contributed by atoms with van der Waals surface area (Å²) in [5.41, 5.74) is -0.152. The fourth-order valence-electron chi connectivity index (χ4n) is 1.73. The van der Waals surface area contributed by atoms with Crippen LogP contribution in [0.4, 0.5) is 4.79 Å². The zero-order valence-electron chi connectivity index (χ0n) is 11.6. The van der Waals surface area contributed by atoms with E-state index >= 15 is 0 Å². The Morgan fingerprint density at radius 3 is 2.53 bits per heavy atom. The molecule has 0 saturated carbocycles. The highest BCUT2D eigenvalue weighted by Crippen LogP contribution is 2.25. The van der Waals surface area contributed by atoms with Crippen LogP contribution >= 0.6 is 11.8 Å². The van der Waals surface area contributed by atoms with Crippen molar-refractivity contribution < 1.29 is 4.79 Å². The Balaban J connectivity index is 2.11. The van der Waals surface area contributed by atoms with Gasteiger partial charge >= 0.3 is 0 Å². The second kappa shape index (κ2) is 5.66. The number of benzene rings is 2. The number of nitrogens with one attached hydrogen (secondary N) is 1. The molecule has 0 aliphatic carbocycles. The smallest absolute Gasteiger partial charge is 0.284 e. The quantitative estimate of drug-likeness (QED) is 0.811. The van der Waals surface area contributed by atoms with Gasteiger partial charge in [-0.3, -0.25) is 4.79 Å². The van der Waals surface area contributed by atoms with E-state index in [1.54, 1.807) is 0 Å². The number of carbonyl (C=O) groups is 1. The summed E-state index contributed by atoms with van der Waals surface area (Å²) in [4.78, 5) is 12.9. The van der Waals surface area contributed by atoms with E-state index in [9.17, 15) is 4.79 Å². The van der Waals surface area contributed by atoms with Crippen molar-refractivity contribution in [2.24, 2.45) is 0 Å². The van der Waals surface area contributed by atoms with E-state index in [4.69, 9.17) is 0 Å². The van der Waals surface area contributed by atoms with Gasteiger partial charge in [0.25, 0.3) is 5.24 Å². The van der Waals surface area contributed by atoms with Crippen molar-refractivity contribution in [1.29, 1.82) is 0 Å². The maximum absolute atomic E-state index is 12.0. The van der Waals surface area contributed by atoms with Crippen LogP contribution in [0.15, 0.2) is 47.4 Å². The fourth-order valence-corrected chi connectivity index (χ4v) is 2.59. The number of rotatable bonds is 3. The van der Waals surface area contributed by atoms with Crippen molar-refractivity contribution in [2.45, 2.75) is 37.6 Å². The van der Waals surface area contributed by atoms with Gasteiger partial charge in [-0.2, -0.15) is 0 Å². The maximum Gasteiger partial charge on any atom is 0.284 e. The summed E-state index contributed by atoms with van der Waals surface area (Å²) in [6.45, 7) is 6.14. The van der Waals surface area contributed by atoms with Gasteiger partial charge in [0.05, 0.1) is 0 Å². The lowest BCUT2D eigenvalue weighted by molar-refractivity contribution is 0.250. The molecule has 0 radical (unpaired) electrons. The van der Waals surface area contributed by atoms with Gasteiger partial charge in [-0.05, 0) is 54.9 Å². The summed E-state index contributed by atoms with van der Waals surface area (Å²) in [6, 6.07) is 14.3.